The van der Waals surface area contributed by atoms with Gasteiger partial charge in [0.1, 0.15) is 16.9 Å². The Bertz CT molecular complexity index is 1430. The lowest BCUT2D eigenvalue weighted by molar-refractivity contribution is 0.00502. The number of carbonyl (C=O) groups is 2. The van der Waals surface area contributed by atoms with Gasteiger partial charge in [-0.15, -0.1) is 0 Å². The van der Waals surface area contributed by atoms with E-state index >= 15 is 0 Å². The number of nitrogens with zero attached hydrogens (tertiary/aromatic N) is 2. The van der Waals surface area contributed by atoms with E-state index in [1.165, 1.54) is 7.11 Å². The van der Waals surface area contributed by atoms with Crippen LogP contribution in [0.2, 0.25) is 0 Å². The molecular formula is C32H33N3O5. The molecule has 2 N–H and O–H groups in total. The molecule has 4 aromatic rings. The van der Waals surface area contributed by atoms with Crippen LogP contribution in [0, 0.1) is 19.8 Å². The Balaban J connectivity index is 1.39. The normalized spacial score (nSPS) is 14.2. The van der Waals surface area contributed by atoms with Crippen molar-refractivity contribution >= 4 is 23.3 Å². The highest BCUT2D eigenvalue weighted by Gasteiger charge is 2.41. The number of rotatable bonds is 7. The molecule has 1 amide bonds. The minimum absolute atomic E-state index is 0.0243. The summed E-state index contributed by atoms with van der Waals surface area (Å²) in [4.78, 5) is 27.8. The van der Waals surface area contributed by atoms with Crippen LogP contribution in [0.4, 0.5) is 11.4 Å². The first-order valence-electron chi connectivity index (χ1n) is 13.4. The summed E-state index contributed by atoms with van der Waals surface area (Å²) in [6.45, 7) is 4.66. The molecule has 1 saturated heterocycles. The van der Waals surface area contributed by atoms with Gasteiger partial charge in [0.25, 0.3) is 5.91 Å². The molecule has 1 aliphatic rings. The molecule has 0 saturated carbocycles. The van der Waals surface area contributed by atoms with Gasteiger partial charge in [0.05, 0.1) is 24.1 Å². The topological polar surface area (TPSA) is 105 Å². The molecule has 1 fully saturated rings. The van der Waals surface area contributed by atoms with Crippen LogP contribution >= 0.6 is 0 Å². The number of aryl methyl sites for hydroxylation is 2. The number of hydrogen-bond acceptors (Lipinski definition) is 7. The van der Waals surface area contributed by atoms with Crippen LogP contribution in [-0.2, 0) is 10.3 Å². The van der Waals surface area contributed by atoms with Crippen molar-refractivity contribution in [1.29, 1.82) is 0 Å². The number of benzene rings is 3. The SMILES string of the molecule is COC(=O)c1cc(NC(=O)c2c(C)noc2C)ccc1N1CCC(C(O)(c2ccccc2)c2ccccc2)CC1. The maximum absolute atomic E-state index is 12.9. The van der Waals surface area contributed by atoms with Crippen LogP contribution in [0.1, 0.15) is 56.1 Å². The molecule has 1 aliphatic heterocycles. The van der Waals surface area contributed by atoms with Gasteiger partial charge in [-0.05, 0) is 61.9 Å². The van der Waals surface area contributed by atoms with Crippen LogP contribution in [0.15, 0.2) is 83.4 Å². The molecule has 0 bridgehead atoms. The average Bonchev–Trinajstić information content (AvgIpc) is 3.34. The number of methoxy groups -OCH3 is 1. The first kappa shape index (κ1) is 27.1. The van der Waals surface area contributed by atoms with Crippen LogP contribution in [0.3, 0.4) is 0 Å². The molecule has 2 heterocycles. The van der Waals surface area contributed by atoms with Crippen molar-refractivity contribution in [2.24, 2.45) is 5.92 Å². The molecule has 40 heavy (non-hydrogen) atoms. The summed E-state index contributed by atoms with van der Waals surface area (Å²) in [7, 11) is 1.34. The molecule has 5 rings (SSSR count). The molecular weight excluding hydrogens is 506 g/mol. The molecule has 0 atom stereocenters. The van der Waals surface area contributed by atoms with Crippen LogP contribution in [-0.4, -0.2) is 42.3 Å². The second kappa shape index (κ2) is 11.4. The summed E-state index contributed by atoms with van der Waals surface area (Å²) in [6, 6.07) is 24.8. The largest absolute Gasteiger partial charge is 0.465 e. The third-order valence-corrected chi connectivity index (χ3v) is 7.77. The number of hydrogen-bond donors (Lipinski definition) is 2. The molecule has 206 valence electrons. The van der Waals surface area contributed by atoms with E-state index in [0.717, 1.165) is 16.8 Å². The second-order valence-corrected chi connectivity index (χ2v) is 10.1. The van der Waals surface area contributed by atoms with E-state index < -0.39 is 11.6 Å². The lowest BCUT2D eigenvalue weighted by atomic mass is 9.72. The first-order valence-corrected chi connectivity index (χ1v) is 13.4. The summed E-state index contributed by atoms with van der Waals surface area (Å²) in [5.74, 6) is -0.449. The Labute approximate surface area is 233 Å². The quantitative estimate of drug-likeness (QED) is 0.300. The van der Waals surface area contributed by atoms with E-state index in [9.17, 15) is 14.7 Å². The Hall–Kier alpha value is -4.43. The van der Waals surface area contributed by atoms with Crippen molar-refractivity contribution in [3.05, 3.63) is 113 Å². The maximum Gasteiger partial charge on any atom is 0.340 e. The molecule has 8 heteroatoms. The van der Waals surface area contributed by atoms with Crippen LogP contribution in [0.25, 0.3) is 0 Å². The van der Waals surface area contributed by atoms with Gasteiger partial charge in [-0.3, -0.25) is 4.79 Å². The van der Waals surface area contributed by atoms with E-state index in [1.807, 2.05) is 66.7 Å². The fourth-order valence-corrected chi connectivity index (χ4v) is 5.72. The van der Waals surface area contributed by atoms with Crippen molar-refractivity contribution in [3.8, 4) is 0 Å². The van der Waals surface area contributed by atoms with Crippen LogP contribution < -0.4 is 10.2 Å². The van der Waals surface area contributed by atoms with Gasteiger partial charge >= 0.3 is 5.97 Å². The lowest BCUT2D eigenvalue weighted by Crippen LogP contribution is -2.44. The molecule has 1 aromatic heterocycles. The fraction of sp³-hybridized carbons (Fsp3) is 0.281. The zero-order valence-corrected chi connectivity index (χ0v) is 22.9. The third-order valence-electron chi connectivity index (χ3n) is 7.77. The van der Waals surface area contributed by atoms with Crippen molar-refractivity contribution < 1.29 is 24.0 Å². The van der Waals surface area contributed by atoms with Gasteiger partial charge in [0, 0.05) is 18.8 Å². The maximum atomic E-state index is 12.9. The highest BCUT2D eigenvalue weighted by molar-refractivity contribution is 6.06. The number of nitrogens with one attached hydrogen (secondary N) is 1. The van der Waals surface area contributed by atoms with E-state index in [4.69, 9.17) is 9.26 Å². The van der Waals surface area contributed by atoms with Gasteiger partial charge in [0.15, 0.2) is 0 Å². The van der Waals surface area contributed by atoms with E-state index in [2.05, 4.69) is 15.4 Å². The Kier molecular flexibility index (Phi) is 7.71. The third kappa shape index (κ3) is 5.10. The minimum atomic E-state index is -1.13. The van der Waals surface area contributed by atoms with Crippen molar-refractivity contribution in [2.45, 2.75) is 32.3 Å². The van der Waals surface area contributed by atoms with E-state index in [1.54, 1.807) is 26.0 Å². The van der Waals surface area contributed by atoms with Gasteiger partial charge in [-0.2, -0.15) is 0 Å². The van der Waals surface area contributed by atoms with E-state index in [0.29, 0.717) is 54.2 Å². The standard InChI is InChI=1S/C32H33N3O5/c1-21-29(22(2)40-34-21)30(36)33-26-14-15-28(27(20-26)31(37)39-3)35-18-16-25(17-19-35)32(38,23-10-6-4-7-11-23)24-12-8-5-9-13-24/h4-15,20,25,38H,16-19H2,1-3H3,(H,33,36). The minimum Gasteiger partial charge on any atom is -0.465 e. The zero-order chi connectivity index (χ0) is 28.3. The average molecular weight is 540 g/mol. The first-order chi connectivity index (χ1) is 19.3. The van der Waals surface area contributed by atoms with Crippen molar-refractivity contribution in [3.63, 3.8) is 0 Å². The number of esters is 1. The van der Waals surface area contributed by atoms with Crippen molar-refractivity contribution in [1.82, 2.24) is 5.16 Å². The lowest BCUT2D eigenvalue weighted by Gasteiger charge is -2.43. The molecule has 0 spiro atoms. The summed E-state index contributed by atoms with van der Waals surface area (Å²) in [5, 5.41) is 18.9. The smallest absolute Gasteiger partial charge is 0.340 e. The van der Waals surface area contributed by atoms with E-state index in [-0.39, 0.29) is 11.8 Å². The molecule has 0 unspecified atom stereocenters. The highest BCUT2D eigenvalue weighted by Crippen LogP contribution is 2.43. The summed E-state index contributed by atoms with van der Waals surface area (Å²) < 4.78 is 10.2. The number of ether oxygens (including phenoxy) is 1. The highest BCUT2D eigenvalue weighted by atomic mass is 16.5. The zero-order valence-electron chi connectivity index (χ0n) is 22.9. The fourth-order valence-electron chi connectivity index (χ4n) is 5.72. The van der Waals surface area contributed by atoms with Gasteiger partial charge in [0.2, 0.25) is 0 Å². The Morgan fingerprint density at radius 2 is 1.57 bits per heavy atom. The Morgan fingerprint density at radius 1 is 0.975 bits per heavy atom. The van der Waals surface area contributed by atoms with Crippen molar-refractivity contribution in [2.75, 3.05) is 30.4 Å². The number of aromatic nitrogens is 1. The number of aliphatic hydroxyl groups is 1. The molecule has 0 aliphatic carbocycles. The van der Waals surface area contributed by atoms with Gasteiger partial charge in [-0.1, -0.05) is 65.8 Å². The van der Waals surface area contributed by atoms with Gasteiger partial charge in [-0.25, -0.2) is 4.79 Å². The predicted molar refractivity (Wildman–Crippen MR) is 153 cm³/mol. The number of carbonyl (C=O) groups excluding carboxylic acids is 2. The number of anilines is 2. The summed E-state index contributed by atoms with van der Waals surface area (Å²) in [5.41, 5.74) is 3.02. The predicted octanol–water partition coefficient (Wildman–Crippen LogP) is 5.48. The second-order valence-electron chi connectivity index (χ2n) is 10.1. The monoisotopic (exact) mass is 539 g/mol. The van der Waals surface area contributed by atoms with Gasteiger partial charge < -0.3 is 24.6 Å². The number of amides is 1. The van der Waals surface area contributed by atoms with Crippen LogP contribution in [0.5, 0.6) is 0 Å². The Morgan fingerprint density at radius 3 is 2.10 bits per heavy atom. The molecule has 8 nitrogen and oxygen atoms in total. The molecule has 0 radical (unpaired) electrons. The summed E-state index contributed by atoms with van der Waals surface area (Å²) >= 11 is 0. The summed E-state index contributed by atoms with van der Waals surface area (Å²) in [6.07, 6.45) is 1.43. The number of piperidine rings is 1. The molecule has 3 aromatic carbocycles.